The highest BCUT2D eigenvalue weighted by Crippen LogP contribution is 2.32. The second kappa shape index (κ2) is 6.07. The smallest absolute Gasteiger partial charge is 0.306 e. The van der Waals surface area contributed by atoms with Crippen molar-refractivity contribution in [3.63, 3.8) is 0 Å². The molecule has 20 heavy (non-hydrogen) atoms. The van der Waals surface area contributed by atoms with Crippen molar-refractivity contribution in [2.75, 3.05) is 5.32 Å². The van der Waals surface area contributed by atoms with Crippen molar-refractivity contribution in [3.05, 3.63) is 29.8 Å². The Morgan fingerprint density at radius 3 is 2.45 bits per heavy atom. The van der Waals surface area contributed by atoms with Gasteiger partial charge in [0, 0.05) is 11.6 Å². The SMILES string of the molecule is CC(C)c1ccccc1NC(=O)C1CCC(C(=O)O)C1. The summed E-state index contributed by atoms with van der Waals surface area (Å²) in [5.41, 5.74) is 1.94. The van der Waals surface area contributed by atoms with E-state index in [2.05, 4.69) is 19.2 Å². The van der Waals surface area contributed by atoms with Crippen molar-refractivity contribution in [1.82, 2.24) is 0 Å². The first-order chi connectivity index (χ1) is 9.49. The molecule has 0 aliphatic heterocycles. The van der Waals surface area contributed by atoms with Crippen LogP contribution in [0, 0.1) is 11.8 Å². The zero-order valence-corrected chi connectivity index (χ0v) is 11.9. The monoisotopic (exact) mass is 275 g/mol. The Hall–Kier alpha value is -1.84. The lowest BCUT2D eigenvalue weighted by molar-refractivity contribution is -0.141. The van der Waals surface area contributed by atoms with Gasteiger partial charge in [-0.3, -0.25) is 9.59 Å². The molecule has 1 aromatic rings. The zero-order valence-electron chi connectivity index (χ0n) is 11.9. The van der Waals surface area contributed by atoms with Gasteiger partial charge in [-0.1, -0.05) is 32.0 Å². The number of nitrogens with one attached hydrogen (secondary N) is 1. The van der Waals surface area contributed by atoms with Gasteiger partial charge in [0.25, 0.3) is 0 Å². The Morgan fingerprint density at radius 1 is 1.20 bits per heavy atom. The van der Waals surface area contributed by atoms with Gasteiger partial charge in [0.15, 0.2) is 0 Å². The van der Waals surface area contributed by atoms with E-state index in [4.69, 9.17) is 5.11 Å². The van der Waals surface area contributed by atoms with Gasteiger partial charge in [-0.25, -0.2) is 0 Å². The van der Waals surface area contributed by atoms with Crippen molar-refractivity contribution in [1.29, 1.82) is 0 Å². The van der Waals surface area contributed by atoms with Crippen LogP contribution in [-0.2, 0) is 9.59 Å². The fraction of sp³-hybridized carbons (Fsp3) is 0.500. The van der Waals surface area contributed by atoms with Gasteiger partial charge in [-0.15, -0.1) is 0 Å². The summed E-state index contributed by atoms with van der Waals surface area (Å²) in [6, 6.07) is 7.77. The molecule has 4 nitrogen and oxygen atoms in total. The molecule has 1 aliphatic rings. The molecular weight excluding hydrogens is 254 g/mol. The number of anilines is 1. The topological polar surface area (TPSA) is 66.4 Å². The lowest BCUT2D eigenvalue weighted by Gasteiger charge is -2.16. The maximum absolute atomic E-state index is 12.3. The van der Waals surface area contributed by atoms with E-state index < -0.39 is 5.97 Å². The summed E-state index contributed by atoms with van der Waals surface area (Å²) < 4.78 is 0. The van der Waals surface area contributed by atoms with Crippen LogP contribution in [0.2, 0.25) is 0 Å². The fourth-order valence-electron chi connectivity index (χ4n) is 2.79. The summed E-state index contributed by atoms with van der Waals surface area (Å²) in [6.07, 6.45) is 1.71. The summed E-state index contributed by atoms with van der Waals surface area (Å²) >= 11 is 0. The summed E-state index contributed by atoms with van der Waals surface area (Å²) in [5, 5.41) is 11.9. The molecule has 1 saturated carbocycles. The van der Waals surface area contributed by atoms with Crippen molar-refractivity contribution in [3.8, 4) is 0 Å². The third-order valence-electron chi connectivity index (χ3n) is 3.99. The van der Waals surface area contributed by atoms with Crippen LogP contribution in [0.5, 0.6) is 0 Å². The van der Waals surface area contributed by atoms with Crippen molar-refractivity contribution in [2.24, 2.45) is 11.8 Å². The van der Waals surface area contributed by atoms with Crippen LogP contribution in [-0.4, -0.2) is 17.0 Å². The number of carbonyl (C=O) groups excluding carboxylic acids is 1. The highest BCUT2D eigenvalue weighted by molar-refractivity contribution is 5.94. The first-order valence-electron chi connectivity index (χ1n) is 7.11. The molecule has 0 aromatic heterocycles. The molecule has 0 spiro atoms. The molecule has 2 rings (SSSR count). The van der Waals surface area contributed by atoms with Crippen molar-refractivity contribution >= 4 is 17.6 Å². The van der Waals surface area contributed by atoms with Crippen LogP contribution in [0.1, 0.15) is 44.6 Å². The standard InChI is InChI=1S/C16H21NO3/c1-10(2)13-5-3-4-6-14(13)17-15(18)11-7-8-12(9-11)16(19)20/h3-6,10-12H,7-9H2,1-2H3,(H,17,18)(H,19,20). The number of carbonyl (C=O) groups is 2. The summed E-state index contributed by atoms with van der Waals surface area (Å²) in [5.74, 6) is -1.06. The fourth-order valence-corrected chi connectivity index (χ4v) is 2.79. The lowest BCUT2D eigenvalue weighted by Crippen LogP contribution is -2.22. The number of hydrogen-bond acceptors (Lipinski definition) is 2. The number of benzene rings is 1. The van der Waals surface area contributed by atoms with Gasteiger partial charge in [0.05, 0.1) is 5.92 Å². The third kappa shape index (κ3) is 3.18. The molecule has 2 N–H and O–H groups in total. The molecule has 0 radical (unpaired) electrons. The van der Waals surface area contributed by atoms with Gasteiger partial charge in [0.1, 0.15) is 0 Å². The number of carboxylic acid groups (broad SMARTS) is 1. The van der Waals surface area contributed by atoms with Crippen LogP contribution in [0.25, 0.3) is 0 Å². The van der Waals surface area contributed by atoms with Gasteiger partial charge >= 0.3 is 5.97 Å². The van der Waals surface area contributed by atoms with Crippen LogP contribution in [0.3, 0.4) is 0 Å². The molecular formula is C16H21NO3. The van der Waals surface area contributed by atoms with Crippen molar-refractivity contribution < 1.29 is 14.7 Å². The predicted molar refractivity (Wildman–Crippen MR) is 77.6 cm³/mol. The maximum atomic E-state index is 12.3. The molecule has 108 valence electrons. The minimum atomic E-state index is -0.789. The van der Waals surface area contributed by atoms with E-state index in [1.54, 1.807) is 0 Å². The minimum Gasteiger partial charge on any atom is -0.481 e. The highest BCUT2D eigenvalue weighted by Gasteiger charge is 2.33. The van der Waals surface area contributed by atoms with E-state index in [1.165, 1.54) is 0 Å². The van der Waals surface area contributed by atoms with E-state index in [-0.39, 0.29) is 17.7 Å². The van der Waals surface area contributed by atoms with Crippen LogP contribution < -0.4 is 5.32 Å². The Labute approximate surface area is 119 Å². The van der Waals surface area contributed by atoms with Crippen LogP contribution >= 0.6 is 0 Å². The first kappa shape index (κ1) is 14.6. The molecule has 0 saturated heterocycles. The van der Waals surface area contributed by atoms with E-state index in [9.17, 15) is 9.59 Å². The number of para-hydroxylation sites is 1. The molecule has 1 aromatic carbocycles. The highest BCUT2D eigenvalue weighted by atomic mass is 16.4. The van der Waals surface area contributed by atoms with Gasteiger partial charge in [-0.05, 0) is 36.8 Å². The zero-order chi connectivity index (χ0) is 14.7. The van der Waals surface area contributed by atoms with Crippen LogP contribution in [0.15, 0.2) is 24.3 Å². The van der Waals surface area contributed by atoms with Gasteiger partial charge in [-0.2, -0.15) is 0 Å². The molecule has 1 fully saturated rings. The van der Waals surface area contributed by atoms with E-state index >= 15 is 0 Å². The molecule has 2 unspecified atom stereocenters. The normalized spacial score (nSPS) is 21.9. The van der Waals surface area contributed by atoms with Gasteiger partial charge in [0.2, 0.25) is 5.91 Å². The lowest BCUT2D eigenvalue weighted by atomic mass is 10.00. The molecule has 1 aliphatic carbocycles. The Bertz CT molecular complexity index is 510. The summed E-state index contributed by atoms with van der Waals surface area (Å²) in [7, 11) is 0. The molecule has 2 atom stereocenters. The molecule has 1 amide bonds. The number of aliphatic carboxylic acids is 1. The Balaban J connectivity index is 2.04. The predicted octanol–water partition coefficient (Wildman–Crippen LogP) is 3.25. The quantitative estimate of drug-likeness (QED) is 0.886. The molecule has 0 bridgehead atoms. The minimum absolute atomic E-state index is 0.0538. The van der Waals surface area contributed by atoms with E-state index in [0.29, 0.717) is 25.2 Å². The van der Waals surface area contributed by atoms with Crippen molar-refractivity contribution in [2.45, 2.75) is 39.0 Å². The Morgan fingerprint density at radius 2 is 1.85 bits per heavy atom. The second-order valence-electron chi connectivity index (χ2n) is 5.78. The molecule has 4 heteroatoms. The third-order valence-corrected chi connectivity index (χ3v) is 3.99. The van der Waals surface area contributed by atoms with Crippen LogP contribution in [0.4, 0.5) is 5.69 Å². The number of amides is 1. The average molecular weight is 275 g/mol. The maximum Gasteiger partial charge on any atom is 0.306 e. The first-order valence-corrected chi connectivity index (χ1v) is 7.11. The Kier molecular flexibility index (Phi) is 4.42. The molecule has 0 heterocycles. The number of carboxylic acids is 1. The largest absolute Gasteiger partial charge is 0.481 e. The summed E-state index contributed by atoms with van der Waals surface area (Å²) in [6.45, 7) is 4.17. The van der Waals surface area contributed by atoms with E-state index in [0.717, 1.165) is 11.3 Å². The van der Waals surface area contributed by atoms with E-state index in [1.807, 2.05) is 24.3 Å². The summed E-state index contributed by atoms with van der Waals surface area (Å²) in [4.78, 5) is 23.2. The average Bonchev–Trinajstić information content (AvgIpc) is 2.89. The second-order valence-corrected chi connectivity index (χ2v) is 5.78. The number of rotatable bonds is 4. The number of hydrogen-bond donors (Lipinski definition) is 2. The van der Waals surface area contributed by atoms with Gasteiger partial charge < -0.3 is 10.4 Å².